The van der Waals surface area contributed by atoms with Crippen molar-refractivity contribution in [1.29, 1.82) is 0 Å². The SMILES string of the molecule is COc1ccc([C@H]2C(C(=O)Nc3ccc(Br)cn3)=C(C)NC3=C2C(=O)CCC3)cc1COc1ccc(Cl)cc1Br. The number of aromatic nitrogens is 1. The summed E-state index contributed by atoms with van der Waals surface area (Å²) >= 11 is 12.9. The number of ketones is 1. The van der Waals surface area contributed by atoms with Gasteiger partial charge in [-0.05, 0) is 99.7 Å². The molecule has 2 aliphatic rings. The van der Waals surface area contributed by atoms with E-state index in [-0.39, 0.29) is 18.3 Å². The standard InChI is InChI=1S/C30H26Br2ClN3O4/c1-16-27(30(38)36-26-11-7-19(31)14-34-26)28(29-22(35-16)4-3-5-23(29)37)17-6-9-24(39-2)18(12-17)15-40-25-10-8-20(33)13-21(25)32/h6-14,28,35H,3-5,15H2,1-2H3,(H,34,36,38)/t28-/m0/s1. The predicted octanol–water partition coefficient (Wildman–Crippen LogP) is 7.45. The van der Waals surface area contributed by atoms with Gasteiger partial charge in [0.1, 0.15) is 23.9 Å². The number of dihydropyridines is 1. The molecule has 0 unspecified atom stereocenters. The molecule has 5 rings (SSSR count). The lowest BCUT2D eigenvalue weighted by molar-refractivity contribution is -0.116. The number of pyridine rings is 1. The fraction of sp³-hybridized carbons (Fsp3) is 0.233. The van der Waals surface area contributed by atoms with E-state index in [1.807, 2.05) is 25.1 Å². The number of halogens is 3. The highest BCUT2D eigenvalue weighted by Crippen LogP contribution is 2.43. The summed E-state index contributed by atoms with van der Waals surface area (Å²) in [6.07, 6.45) is 3.57. The third-order valence-electron chi connectivity index (χ3n) is 6.90. The zero-order valence-electron chi connectivity index (χ0n) is 21.8. The van der Waals surface area contributed by atoms with Crippen molar-refractivity contribution in [3.05, 3.63) is 102 Å². The summed E-state index contributed by atoms with van der Waals surface area (Å²) in [5.74, 6) is 0.831. The molecule has 1 atom stereocenters. The van der Waals surface area contributed by atoms with Crippen LogP contribution < -0.4 is 20.1 Å². The van der Waals surface area contributed by atoms with Crippen LogP contribution in [0.4, 0.5) is 5.82 Å². The van der Waals surface area contributed by atoms with Crippen LogP contribution in [0.25, 0.3) is 0 Å². The quantitative estimate of drug-likeness (QED) is 0.268. The van der Waals surface area contributed by atoms with Gasteiger partial charge in [0.25, 0.3) is 5.91 Å². The van der Waals surface area contributed by atoms with Gasteiger partial charge in [-0.1, -0.05) is 17.7 Å². The van der Waals surface area contributed by atoms with Crippen molar-refractivity contribution in [2.75, 3.05) is 12.4 Å². The Morgan fingerprint density at radius 2 is 1.93 bits per heavy atom. The predicted molar refractivity (Wildman–Crippen MR) is 162 cm³/mol. The number of methoxy groups -OCH3 is 1. The number of nitrogens with one attached hydrogen (secondary N) is 2. The minimum Gasteiger partial charge on any atom is -0.496 e. The number of ether oxygens (including phenoxy) is 2. The summed E-state index contributed by atoms with van der Waals surface area (Å²) in [6.45, 7) is 2.07. The molecule has 3 aromatic rings. The molecule has 2 aromatic carbocycles. The molecule has 7 nitrogen and oxygen atoms in total. The number of Topliss-reactive ketones (excluding diaryl/α,β-unsaturated/α-hetero) is 1. The monoisotopic (exact) mass is 685 g/mol. The minimum atomic E-state index is -0.563. The Labute approximate surface area is 254 Å². The number of amides is 1. The second-order valence-corrected chi connectivity index (χ2v) is 11.7. The normalized spacial score (nSPS) is 16.8. The number of hydrogen-bond donors (Lipinski definition) is 2. The van der Waals surface area contributed by atoms with Gasteiger partial charge in [-0.15, -0.1) is 0 Å². The second kappa shape index (κ2) is 12.2. The van der Waals surface area contributed by atoms with Gasteiger partial charge in [0.05, 0.1) is 11.6 Å². The van der Waals surface area contributed by atoms with Crippen LogP contribution in [0.1, 0.15) is 43.2 Å². The first-order valence-corrected chi connectivity index (χ1v) is 14.6. The number of rotatable bonds is 7. The van der Waals surface area contributed by atoms with Crippen molar-refractivity contribution in [2.45, 2.75) is 38.7 Å². The minimum absolute atomic E-state index is 0.0389. The molecule has 0 spiro atoms. The summed E-state index contributed by atoms with van der Waals surface area (Å²) < 4.78 is 13.3. The topological polar surface area (TPSA) is 89.5 Å². The van der Waals surface area contributed by atoms with E-state index >= 15 is 0 Å². The maximum Gasteiger partial charge on any atom is 0.255 e. The molecule has 1 amide bonds. The number of hydrogen-bond acceptors (Lipinski definition) is 6. The van der Waals surface area contributed by atoms with Crippen LogP contribution >= 0.6 is 43.5 Å². The number of carbonyl (C=O) groups excluding carboxylic acids is 2. The molecule has 0 fully saturated rings. The van der Waals surface area contributed by atoms with E-state index in [4.69, 9.17) is 21.1 Å². The average molecular weight is 688 g/mol. The molecule has 2 heterocycles. The highest BCUT2D eigenvalue weighted by molar-refractivity contribution is 9.10. The highest BCUT2D eigenvalue weighted by Gasteiger charge is 2.38. The van der Waals surface area contributed by atoms with Crippen molar-refractivity contribution in [1.82, 2.24) is 10.3 Å². The molecule has 0 radical (unpaired) electrons. The van der Waals surface area contributed by atoms with Crippen LogP contribution in [0.2, 0.25) is 5.02 Å². The Balaban J connectivity index is 1.54. The zero-order chi connectivity index (χ0) is 28.4. The first-order chi connectivity index (χ1) is 19.2. The Bertz CT molecular complexity index is 1550. The molecule has 1 aromatic heterocycles. The largest absolute Gasteiger partial charge is 0.496 e. The lowest BCUT2D eigenvalue weighted by Crippen LogP contribution is -2.35. The van der Waals surface area contributed by atoms with Crippen molar-refractivity contribution in [3.63, 3.8) is 0 Å². The molecular formula is C30H26Br2ClN3O4. The molecule has 0 bridgehead atoms. The van der Waals surface area contributed by atoms with E-state index in [0.717, 1.165) is 38.6 Å². The number of anilines is 1. The van der Waals surface area contributed by atoms with Crippen LogP contribution in [-0.4, -0.2) is 23.8 Å². The number of carbonyl (C=O) groups is 2. The molecule has 1 aliphatic carbocycles. The van der Waals surface area contributed by atoms with Crippen molar-refractivity contribution in [2.24, 2.45) is 0 Å². The molecule has 206 valence electrons. The summed E-state index contributed by atoms with van der Waals surface area (Å²) in [6, 6.07) is 14.5. The van der Waals surface area contributed by atoms with Crippen molar-refractivity contribution in [3.8, 4) is 11.5 Å². The van der Waals surface area contributed by atoms with Crippen molar-refractivity contribution < 1.29 is 19.1 Å². The molecule has 0 saturated carbocycles. The van der Waals surface area contributed by atoms with Crippen LogP contribution in [0, 0.1) is 0 Å². The zero-order valence-corrected chi connectivity index (χ0v) is 25.7. The smallest absolute Gasteiger partial charge is 0.255 e. The summed E-state index contributed by atoms with van der Waals surface area (Å²) in [5.41, 5.74) is 4.24. The van der Waals surface area contributed by atoms with Gasteiger partial charge < -0.3 is 20.1 Å². The van der Waals surface area contributed by atoms with Gasteiger partial charge in [0.2, 0.25) is 0 Å². The van der Waals surface area contributed by atoms with E-state index in [9.17, 15) is 9.59 Å². The highest BCUT2D eigenvalue weighted by atomic mass is 79.9. The fourth-order valence-electron chi connectivity index (χ4n) is 5.09. The average Bonchev–Trinajstić information content (AvgIpc) is 2.93. The van der Waals surface area contributed by atoms with Gasteiger partial charge in [0, 0.05) is 56.1 Å². The molecule has 2 N–H and O–H groups in total. The van der Waals surface area contributed by atoms with Gasteiger partial charge >= 0.3 is 0 Å². The van der Waals surface area contributed by atoms with Gasteiger partial charge in [-0.25, -0.2) is 4.98 Å². The molecule has 1 aliphatic heterocycles. The Morgan fingerprint density at radius 3 is 2.65 bits per heavy atom. The first-order valence-electron chi connectivity index (χ1n) is 12.7. The Morgan fingerprint density at radius 1 is 1.12 bits per heavy atom. The third kappa shape index (κ3) is 5.96. The van der Waals surface area contributed by atoms with E-state index < -0.39 is 5.92 Å². The van der Waals surface area contributed by atoms with Crippen LogP contribution in [0.15, 0.2) is 86.2 Å². The van der Waals surface area contributed by atoms with E-state index in [1.165, 1.54) is 0 Å². The van der Waals surface area contributed by atoms with E-state index in [0.29, 0.717) is 45.6 Å². The maximum absolute atomic E-state index is 13.8. The summed E-state index contributed by atoms with van der Waals surface area (Å²) in [4.78, 5) is 31.4. The second-order valence-electron chi connectivity index (χ2n) is 9.52. The molecule has 0 saturated heterocycles. The summed E-state index contributed by atoms with van der Waals surface area (Å²) in [5, 5.41) is 6.85. The van der Waals surface area contributed by atoms with Crippen LogP contribution in [-0.2, 0) is 16.2 Å². The molecule has 40 heavy (non-hydrogen) atoms. The third-order valence-corrected chi connectivity index (χ3v) is 8.23. The van der Waals surface area contributed by atoms with Crippen molar-refractivity contribution >= 4 is 61.0 Å². The van der Waals surface area contributed by atoms with Gasteiger partial charge in [-0.3, -0.25) is 9.59 Å². The fourth-order valence-corrected chi connectivity index (χ4v) is 6.12. The van der Waals surface area contributed by atoms with E-state index in [2.05, 4.69) is 47.5 Å². The first kappa shape index (κ1) is 28.4. The maximum atomic E-state index is 13.8. The lowest BCUT2D eigenvalue weighted by atomic mass is 9.74. The van der Waals surface area contributed by atoms with Crippen LogP contribution in [0.5, 0.6) is 11.5 Å². The van der Waals surface area contributed by atoms with Gasteiger partial charge in [0.15, 0.2) is 5.78 Å². The Kier molecular flexibility index (Phi) is 8.63. The lowest BCUT2D eigenvalue weighted by Gasteiger charge is -2.34. The van der Waals surface area contributed by atoms with E-state index in [1.54, 1.807) is 43.6 Å². The number of benzene rings is 2. The molecular weight excluding hydrogens is 662 g/mol. The number of allylic oxidation sites excluding steroid dienone is 3. The summed E-state index contributed by atoms with van der Waals surface area (Å²) in [7, 11) is 1.60. The molecule has 10 heteroatoms. The Hall–Kier alpha value is -3.14. The van der Waals surface area contributed by atoms with Crippen LogP contribution in [0.3, 0.4) is 0 Å². The number of nitrogens with zero attached hydrogens (tertiary/aromatic N) is 1. The van der Waals surface area contributed by atoms with Gasteiger partial charge in [-0.2, -0.15) is 0 Å².